The lowest BCUT2D eigenvalue weighted by molar-refractivity contribution is -0.384. The van der Waals surface area contributed by atoms with Gasteiger partial charge in [-0.25, -0.2) is 17.5 Å². The molecule has 18 heteroatoms. The van der Waals surface area contributed by atoms with Gasteiger partial charge in [-0.2, -0.15) is 4.98 Å². The highest BCUT2D eigenvalue weighted by molar-refractivity contribution is 7.90. The number of carbonyl (C=O) groups is 1. The second-order valence-corrected chi connectivity index (χ2v) is 20.8. The third-order valence-electron chi connectivity index (χ3n) is 13.3. The van der Waals surface area contributed by atoms with Crippen LogP contribution in [-0.4, -0.2) is 105 Å². The molecule has 0 radical (unpaired) electrons. The lowest BCUT2D eigenvalue weighted by Gasteiger charge is -2.40. The summed E-state index contributed by atoms with van der Waals surface area (Å²) in [6.45, 7) is 11.0. The molecule has 3 aliphatic heterocycles. The molecule has 15 nitrogen and oxygen atoms in total. The number of H-pyrrole nitrogens is 1. The molecular formula is C48H54ClFN8O7S. The van der Waals surface area contributed by atoms with Gasteiger partial charge in [0.05, 0.1) is 27.1 Å². The Kier molecular flexibility index (Phi) is 12.5. The van der Waals surface area contributed by atoms with E-state index in [9.17, 15) is 23.3 Å². The van der Waals surface area contributed by atoms with Crippen molar-refractivity contribution in [3.8, 4) is 5.88 Å². The van der Waals surface area contributed by atoms with Crippen LogP contribution in [0.1, 0.15) is 68.8 Å². The highest BCUT2D eigenvalue weighted by Gasteiger charge is 2.36. The van der Waals surface area contributed by atoms with Crippen LogP contribution in [0.3, 0.4) is 0 Å². The van der Waals surface area contributed by atoms with Crippen molar-refractivity contribution in [2.75, 3.05) is 74.2 Å². The van der Waals surface area contributed by atoms with Crippen LogP contribution in [-0.2, 0) is 14.8 Å². The van der Waals surface area contributed by atoms with Gasteiger partial charge >= 0.3 is 0 Å². The summed E-state index contributed by atoms with van der Waals surface area (Å²) in [6, 6.07) is 20.3. The number of alkyl halides is 1. The van der Waals surface area contributed by atoms with Crippen LogP contribution in [0.25, 0.3) is 16.6 Å². The fourth-order valence-electron chi connectivity index (χ4n) is 9.50. The van der Waals surface area contributed by atoms with Crippen LogP contribution in [0.4, 0.5) is 32.8 Å². The van der Waals surface area contributed by atoms with Crippen molar-refractivity contribution in [3.05, 3.63) is 111 Å². The van der Waals surface area contributed by atoms with E-state index in [4.69, 9.17) is 26.1 Å². The number of nitrogens with one attached hydrogen (secondary N) is 3. The lowest BCUT2D eigenvalue weighted by Crippen LogP contribution is -2.47. The number of aromatic nitrogens is 2. The fourth-order valence-corrected chi connectivity index (χ4v) is 10.6. The van der Waals surface area contributed by atoms with E-state index in [1.807, 2.05) is 48.2 Å². The van der Waals surface area contributed by atoms with Crippen LogP contribution in [0, 0.1) is 15.5 Å². The number of anilines is 4. The van der Waals surface area contributed by atoms with Crippen molar-refractivity contribution in [3.63, 3.8) is 0 Å². The Morgan fingerprint density at radius 2 is 1.76 bits per heavy atom. The van der Waals surface area contributed by atoms with E-state index in [-0.39, 0.29) is 61.9 Å². The summed E-state index contributed by atoms with van der Waals surface area (Å²) in [5.41, 5.74) is 4.65. The van der Waals surface area contributed by atoms with Gasteiger partial charge in [-0.3, -0.25) is 19.8 Å². The predicted octanol–water partition coefficient (Wildman–Crippen LogP) is 8.88. The molecular weight excluding hydrogens is 887 g/mol. The standard InChI is InChI=1S/C48H54ClFN8O7S/c1-31-29-65-46-43(24-33-13-17-51-44(33)53-46)57(31)41-25-36(56-20-18-55(19-21-56)28-34-12-14-47(2,3)27-39(34)32-4-6-35(49)7-5-32)8-10-38(41)45(59)54-66(62,63)37-9-11-40(42(26-37)58(60)61)52-30-48(50)15-22-64-23-16-48/h4-11,13,17,24-26,31,52H,12,14-16,18-23,27-30H2,1-3H3,(H,51,53)(H,54,59)/t31-/m1/s1. The minimum atomic E-state index is -4.66. The normalized spacial score (nSPS) is 19.9. The van der Waals surface area contributed by atoms with Crippen molar-refractivity contribution in [1.82, 2.24) is 19.6 Å². The molecule has 2 saturated heterocycles. The van der Waals surface area contributed by atoms with E-state index in [0.29, 0.717) is 22.9 Å². The van der Waals surface area contributed by atoms with E-state index in [1.54, 1.807) is 12.3 Å². The van der Waals surface area contributed by atoms with Gasteiger partial charge < -0.3 is 29.6 Å². The smallest absolute Gasteiger partial charge is 0.293 e. The molecule has 1 amide bonds. The average Bonchev–Trinajstić information content (AvgIpc) is 3.76. The van der Waals surface area contributed by atoms with E-state index in [1.165, 1.54) is 22.8 Å². The molecule has 4 aliphatic rings. The third-order valence-corrected chi connectivity index (χ3v) is 14.9. The summed E-state index contributed by atoms with van der Waals surface area (Å²) < 4.78 is 56.7. The highest BCUT2D eigenvalue weighted by atomic mass is 35.5. The van der Waals surface area contributed by atoms with E-state index >= 15 is 4.39 Å². The summed E-state index contributed by atoms with van der Waals surface area (Å²) in [6.07, 6.45) is 5.19. The second kappa shape index (κ2) is 18.1. The first-order chi connectivity index (χ1) is 31.5. The number of nitro benzene ring substituents is 1. The van der Waals surface area contributed by atoms with Gasteiger partial charge in [0.2, 0.25) is 5.88 Å². The highest BCUT2D eigenvalue weighted by Crippen LogP contribution is 2.45. The Labute approximate surface area is 388 Å². The number of halogens is 2. The molecule has 5 heterocycles. The molecule has 2 fully saturated rings. The molecule has 66 heavy (non-hydrogen) atoms. The van der Waals surface area contributed by atoms with Gasteiger partial charge in [-0.15, -0.1) is 0 Å². The number of hydrogen-bond donors (Lipinski definition) is 3. The number of ether oxygens (including phenoxy) is 2. The minimum absolute atomic E-state index is 0.0459. The van der Waals surface area contributed by atoms with Gasteiger partial charge in [-0.1, -0.05) is 43.2 Å². The first-order valence-corrected chi connectivity index (χ1v) is 24.3. The maximum absolute atomic E-state index is 15.3. The predicted molar refractivity (Wildman–Crippen MR) is 254 cm³/mol. The summed E-state index contributed by atoms with van der Waals surface area (Å²) in [7, 11) is -4.66. The lowest BCUT2D eigenvalue weighted by atomic mass is 9.72. The zero-order valence-electron chi connectivity index (χ0n) is 37.2. The number of nitro groups is 1. The summed E-state index contributed by atoms with van der Waals surface area (Å²) in [5.74, 6) is -0.572. The number of allylic oxidation sites excluding steroid dienone is 1. The van der Waals surface area contributed by atoms with E-state index < -0.39 is 37.1 Å². The number of carbonyl (C=O) groups excluding carboxylic acids is 1. The summed E-state index contributed by atoms with van der Waals surface area (Å²) in [5, 5.41) is 16.5. The Hall–Kier alpha value is -5.75. The molecule has 3 N–H and O–H groups in total. The summed E-state index contributed by atoms with van der Waals surface area (Å²) in [4.78, 5) is 39.9. The topological polar surface area (TPSA) is 175 Å². The van der Waals surface area contributed by atoms with Gasteiger partial charge in [0.15, 0.2) is 0 Å². The number of sulfonamides is 1. The van der Waals surface area contributed by atoms with Gasteiger partial charge in [0.1, 0.15) is 29.3 Å². The fraction of sp³-hybridized carbons (Fsp3) is 0.417. The van der Waals surface area contributed by atoms with Crippen LogP contribution in [0.15, 0.2) is 89.5 Å². The SMILES string of the molecule is C[C@@H]1COc2nc3[nH]ccc3cc2N1c1cc(N2CCN(CC3=C(c4ccc(Cl)cc4)CC(C)(C)CC3)CC2)ccc1C(=O)NS(=O)(=O)c1ccc(NCC2(F)CCOCC2)c([N+](=O)[O-])c1. The number of piperazine rings is 1. The van der Waals surface area contributed by atoms with Crippen molar-refractivity contribution >= 4 is 72.6 Å². The molecule has 1 aliphatic carbocycles. The number of pyridine rings is 1. The number of benzene rings is 3. The van der Waals surface area contributed by atoms with Crippen LogP contribution >= 0.6 is 11.6 Å². The van der Waals surface area contributed by atoms with Gasteiger partial charge in [0, 0.05) is 93.7 Å². The zero-order valence-corrected chi connectivity index (χ0v) is 38.8. The average molecular weight is 942 g/mol. The minimum Gasteiger partial charge on any atom is -0.474 e. The van der Waals surface area contributed by atoms with Crippen molar-refractivity contribution in [1.29, 1.82) is 0 Å². The molecule has 0 unspecified atom stereocenters. The van der Waals surface area contributed by atoms with Crippen molar-refractivity contribution in [2.45, 2.75) is 69.5 Å². The monoisotopic (exact) mass is 940 g/mol. The largest absolute Gasteiger partial charge is 0.474 e. The zero-order chi connectivity index (χ0) is 46.4. The molecule has 5 aromatic rings. The number of rotatable bonds is 12. The van der Waals surface area contributed by atoms with E-state index in [0.717, 1.165) is 80.2 Å². The van der Waals surface area contributed by atoms with Crippen molar-refractivity contribution in [2.24, 2.45) is 5.41 Å². The number of fused-ring (bicyclic) bond motifs is 2. The molecule has 1 atom stereocenters. The summed E-state index contributed by atoms with van der Waals surface area (Å²) >= 11 is 6.27. The van der Waals surface area contributed by atoms with Gasteiger partial charge in [-0.05, 0) is 97.3 Å². The Bertz CT molecular complexity index is 2800. The van der Waals surface area contributed by atoms with Gasteiger partial charge in [0.25, 0.3) is 21.6 Å². The van der Waals surface area contributed by atoms with E-state index in [2.05, 4.69) is 50.8 Å². The molecule has 348 valence electrons. The van der Waals surface area contributed by atoms with Crippen molar-refractivity contribution < 1.29 is 32.0 Å². The molecule has 2 aromatic heterocycles. The molecule has 0 bridgehead atoms. The number of nitrogens with zero attached hydrogens (tertiary/aromatic N) is 5. The molecule has 0 spiro atoms. The number of aromatic amines is 1. The molecule has 9 rings (SSSR count). The first kappa shape index (κ1) is 45.4. The maximum atomic E-state index is 15.3. The van der Waals surface area contributed by atoms with Crippen LogP contribution in [0.5, 0.6) is 5.88 Å². The van der Waals surface area contributed by atoms with Crippen LogP contribution in [0.2, 0.25) is 5.02 Å². The Morgan fingerprint density at radius 1 is 1.00 bits per heavy atom. The van der Waals surface area contributed by atoms with Crippen LogP contribution < -0.4 is 24.6 Å². The third kappa shape index (κ3) is 9.57. The number of hydrogen-bond acceptors (Lipinski definition) is 12. The first-order valence-electron chi connectivity index (χ1n) is 22.4. The Balaban J connectivity index is 0.991. The maximum Gasteiger partial charge on any atom is 0.293 e. The number of amides is 1. The quantitative estimate of drug-likeness (QED) is 0.0802. The molecule has 0 saturated carbocycles. The second-order valence-electron chi connectivity index (χ2n) is 18.6. The molecule has 3 aromatic carbocycles. The Morgan fingerprint density at radius 3 is 2.50 bits per heavy atom.